The molecule has 18 heteroatoms. The normalized spacial score (nSPS) is 32.2. The van der Waals surface area contributed by atoms with E-state index in [1.807, 2.05) is 0 Å². The van der Waals surface area contributed by atoms with E-state index in [-0.39, 0.29) is 24.2 Å². The molecule has 352 valence electrons. The molecule has 4 N–H and O–H groups in total. The number of fused-ring (bicyclic) bond motifs is 5. The van der Waals surface area contributed by atoms with Crippen molar-refractivity contribution >= 4 is 47.5 Å². The number of aliphatic hydroxyl groups is 2. The van der Waals surface area contributed by atoms with Gasteiger partial charge in [-0.15, -0.1) is 0 Å². The Balaban J connectivity index is 1.50. The highest BCUT2D eigenvalue weighted by atomic mass is 16.6. The van der Waals surface area contributed by atoms with Gasteiger partial charge >= 0.3 is 35.9 Å². The number of esters is 4. The summed E-state index contributed by atoms with van der Waals surface area (Å²) in [4.78, 5) is 110. The van der Waals surface area contributed by atoms with Crippen LogP contribution in [0, 0.1) is 28.6 Å². The fourth-order valence-corrected chi connectivity index (χ4v) is 10.4. The molecule has 12 atom stereocenters. The summed E-state index contributed by atoms with van der Waals surface area (Å²) in [6.07, 6.45) is -11.4. The highest BCUT2D eigenvalue weighted by Crippen LogP contribution is 2.64. The Hall–Kier alpha value is -5.72. The number of alkyl carbamates (subject to hydrolysis) is 1. The van der Waals surface area contributed by atoms with Gasteiger partial charge in [-0.1, -0.05) is 69.3 Å². The average Bonchev–Trinajstić information content (AvgIpc) is 3.22. The van der Waals surface area contributed by atoms with Crippen LogP contribution in [0.5, 0.6) is 0 Å². The lowest BCUT2D eigenvalue weighted by Gasteiger charge is -2.67. The van der Waals surface area contributed by atoms with Crippen molar-refractivity contribution < 1.29 is 82.1 Å². The van der Waals surface area contributed by atoms with Crippen LogP contribution in [0.25, 0.3) is 0 Å². The summed E-state index contributed by atoms with van der Waals surface area (Å²) in [7, 11) is 0. The first kappa shape index (κ1) is 48.7. The second kappa shape index (κ2) is 17.9. The lowest BCUT2D eigenvalue weighted by Crippen LogP contribution is -2.82. The van der Waals surface area contributed by atoms with Crippen LogP contribution in [-0.2, 0) is 57.2 Å². The van der Waals surface area contributed by atoms with Crippen molar-refractivity contribution in [2.24, 2.45) is 28.6 Å². The number of rotatable bonds is 12. The summed E-state index contributed by atoms with van der Waals surface area (Å²) in [5.74, 6) is -12.0. The zero-order chi connectivity index (χ0) is 48.0. The van der Waals surface area contributed by atoms with E-state index in [1.165, 1.54) is 52.0 Å². The summed E-state index contributed by atoms with van der Waals surface area (Å²) in [5, 5.41) is 37.4. The first-order valence-electron chi connectivity index (χ1n) is 21.5. The maximum Gasteiger partial charge on any atom is 0.408 e. The molecule has 0 radical (unpaired) electrons. The third kappa shape index (κ3) is 8.99. The molecule has 0 aromatic heterocycles. The molecule has 3 saturated carbocycles. The second-order valence-corrected chi connectivity index (χ2v) is 19.2. The van der Waals surface area contributed by atoms with Gasteiger partial charge in [-0.25, -0.2) is 14.4 Å². The number of amides is 1. The lowest BCUT2D eigenvalue weighted by molar-refractivity contribution is -0.350. The predicted molar refractivity (Wildman–Crippen MR) is 223 cm³/mol. The van der Waals surface area contributed by atoms with Crippen LogP contribution >= 0.6 is 0 Å². The van der Waals surface area contributed by atoms with Crippen LogP contribution in [0.1, 0.15) is 103 Å². The molecule has 1 saturated heterocycles. The Labute approximate surface area is 375 Å². The number of hydrogen-bond acceptors (Lipinski definition) is 16. The number of hydrogen-bond donors (Lipinski definition) is 4. The minimum atomic E-state index is -2.46. The highest BCUT2D eigenvalue weighted by molar-refractivity contribution is 6.40. The van der Waals surface area contributed by atoms with Crippen LogP contribution in [-0.4, -0.2) is 117 Å². The lowest BCUT2D eigenvalue weighted by atomic mass is 9.42. The van der Waals surface area contributed by atoms with Crippen molar-refractivity contribution in [2.45, 2.75) is 134 Å². The predicted octanol–water partition coefficient (Wildman–Crippen LogP) is 3.82. The van der Waals surface area contributed by atoms with E-state index < -0.39 is 149 Å². The molecule has 18 nitrogen and oxygen atoms in total. The van der Waals surface area contributed by atoms with Gasteiger partial charge in [0.05, 0.1) is 42.4 Å². The third-order valence-electron chi connectivity index (χ3n) is 13.7. The molecule has 2 aromatic rings. The number of carbonyl (C=O) groups excluding carboxylic acids is 7. The molecule has 2 aromatic carbocycles. The topological polar surface area (TPSA) is 265 Å². The largest absolute Gasteiger partial charge is 0.481 e. The molecule has 3 aliphatic carbocycles. The van der Waals surface area contributed by atoms with E-state index >= 15 is 4.79 Å². The van der Waals surface area contributed by atoms with Gasteiger partial charge < -0.3 is 49.1 Å². The quantitative estimate of drug-likeness (QED) is 0.134. The van der Waals surface area contributed by atoms with Crippen LogP contribution in [0.4, 0.5) is 4.79 Å². The van der Waals surface area contributed by atoms with Gasteiger partial charge in [0.1, 0.15) is 35.6 Å². The van der Waals surface area contributed by atoms with E-state index in [9.17, 15) is 48.9 Å². The standard InChI is InChI=1S/C47H57NO17/c1-24-28(61-41(57)36(62-32(53)20-19-31(51)52)34(26-15-11-9-12-16-26)48-42(58)65-43(3,4)5)22-47(59)39(63-40(56)27-17-13-10-14-18-27)37-45(8,38(55)35(54)33(24)44(47,6)7)29(50)21-30-46(37,23-60-30)64-25(2)49/h9-18,24,28-30,33-34,36-37,39,50,59H,19-23H2,1-8H3,(H,48,58)(H,51,52)/t24?,28-,29-,30+,33?,34-,36+,37?,39-,45+,46-,47+/m0/s1. The molecule has 1 heterocycles. The summed E-state index contributed by atoms with van der Waals surface area (Å²) >= 11 is 0. The fourth-order valence-electron chi connectivity index (χ4n) is 10.4. The number of carboxylic acid groups (broad SMARTS) is 1. The molecule has 1 aliphatic heterocycles. The SMILES string of the molecule is CC(=O)O[C@@]12CO[C@@H]1C[C@H](O)[C@@]1(C)C(=O)C(=O)C3C(C)[C@@H](OC(=O)[C@H](OC(=O)CCC(=O)O)[C@@H](NC(=O)OC(C)(C)C)c4ccccc4)C[C@@](O)([C@@H](OC(=O)c4ccccc4)C12)C3(C)C. The van der Waals surface area contributed by atoms with Crippen LogP contribution in [0.3, 0.4) is 0 Å². The fraction of sp³-hybridized carbons (Fsp3) is 0.574. The average molecular weight is 908 g/mol. The Kier molecular flexibility index (Phi) is 13.4. The van der Waals surface area contributed by atoms with Crippen molar-refractivity contribution in [1.29, 1.82) is 0 Å². The number of carboxylic acids is 1. The summed E-state index contributed by atoms with van der Waals surface area (Å²) < 4.78 is 35.5. The van der Waals surface area contributed by atoms with Crippen molar-refractivity contribution in [2.75, 3.05) is 6.61 Å². The summed E-state index contributed by atoms with van der Waals surface area (Å²) in [6, 6.07) is 14.0. The number of Topliss-reactive ketones (excluding diaryl/α,β-unsaturated/α-hetero) is 2. The monoisotopic (exact) mass is 907 g/mol. The maximum atomic E-state index is 15.1. The molecule has 2 bridgehead atoms. The van der Waals surface area contributed by atoms with E-state index in [2.05, 4.69) is 5.32 Å². The van der Waals surface area contributed by atoms with Gasteiger partial charge in [-0.05, 0) is 45.4 Å². The molecular weight excluding hydrogens is 851 g/mol. The minimum absolute atomic E-state index is 0.0278. The maximum absolute atomic E-state index is 15.1. The van der Waals surface area contributed by atoms with Crippen LogP contribution in [0.15, 0.2) is 60.7 Å². The number of benzene rings is 2. The Morgan fingerprint density at radius 2 is 1.54 bits per heavy atom. The van der Waals surface area contributed by atoms with Gasteiger partial charge in [-0.2, -0.15) is 0 Å². The van der Waals surface area contributed by atoms with E-state index in [4.69, 9.17) is 28.4 Å². The molecular formula is C47H57NO17. The third-order valence-corrected chi connectivity index (χ3v) is 13.7. The number of aliphatic hydroxyl groups excluding tert-OH is 1. The molecule has 4 aliphatic rings. The molecule has 3 unspecified atom stereocenters. The van der Waals surface area contributed by atoms with Crippen molar-refractivity contribution in [3.8, 4) is 0 Å². The number of ketones is 2. The molecule has 6 rings (SSSR count). The minimum Gasteiger partial charge on any atom is -0.481 e. The van der Waals surface area contributed by atoms with E-state index in [1.54, 1.807) is 57.2 Å². The summed E-state index contributed by atoms with van der Waals surface area (Å²) in [6.45, 7) is 11.4. The number of carbonyl (C=O) groups is 8. The smallest absolute Gasteiger partial charge is 0.408 e. The van der Waals surface area contributed by atoms with Gasteiger partial charge in [0, 0.05) is 37.0 Å². The Bertz CT molecular complexity index is 2210. The first-order chi connectivity index (χ1) is 30.3. The number of ether oxygens (including phenoxy) is 6. The number of nitrogens with one attached hydrogen (secondary N) is 1. The number of aliphatic carboxylic acids is 1. The summed E-state index contributed by atoms with van der Waals surface area (Å²) in [5.41, 5.74) is -8.91. The van der Waals surface area contributed by atoms with Crippen molar-refractivity contribution in [3.05, 3.63) is 71.8 Å². The molecule has 1 amide bonds. The van der Waals surface area contributed by atoms with Gasteiger partial charge in [0.2, 0.25) is 17.7 Å². The van der Waals surface area contributed by atoms with Gasteiger partial charge in [0.25, 0.3) is 0 Å². The van der Waals surface area contributed by atoms with Gasteiger partial charge in [-0.3, -0.25) is 24.0 Å². The van der Waals surface area contributed by atoms with Crippen molar-refractivity contribution in [1.82, 2.24) is 5.32 Å². The van der Waals surface area contributed by atoms with Gasteiger partial charge in [0.15, 0.2) is 5.60 Å². The zero-order valence-corrected chi connectivity index (χ0v) is 37.6. The Morgan fingerprint density at radius 3 is 2.09 bits per heavy atom. The van der Waals surface area contributed by atoms with Crippen molar-refractivity contribution in [3.63, 3.8) is 0 Å². The van der Waals surface area contributed by atoms with E-state index in [0.717, 1.165) is 6.92 Å². The molecule has 0 spiro atoms. The molecule has 4 fully saturated rings. The van der Waals surface area contributed by atoms with Crippen LogP contribution in [0.2, 0.25) is 0 Å². The van der Waals surface area contributed by atoms with E-state index in [0.29, 0.717) is 0 Å². The first-order valence-corrected chi connectivity index (χ1v) is 21.5. The zero-order valence-electron chi connectivity index (χ0n) is 37.6. The van der Waals surface area contributed by atoms with Crippen LogP contribution < -0.4 is 5.32 Å². The Morgan fingerprint density at radius 1 is 0.923 bits per heavy atom. The highest BCUT2D eigenvalue weighted by Gasteiger charge is 2.79. The second-order valence-electron chi connectivity index (χ2n) is 19.2. The molecule has 65 heavy (non-hydrogen) atoms.